The second-order valence-electron chi connectivity index (χ2n) is 13.6. The van der Waals surface area contributed by atoms with Gasteiger partial charge in [0.05, 0.1) is 11.4 Å². The number of hydrogen-bond acceptors (Lipinski definition) is 6. The molecule has 0 bridgehead atoms. The highest BCUT2D eigenvalue weighted by molar-refractivity contribution is 5.73. The molecule has 4 heterocycles. The number of ether oxygens (including phenoxy) is 3. The van der Waals surface area contributed by atoms with E-state index in [1.807, 2.05) is 74.2 Å². The van der Waals surface area contributed by atoms with Crippen molar-refractivity contribution in [2.24, 2.45) is 0 Å². The number of hydrogen-bond donors (Lipinski definition) is 1. The zero-order chi connectivity index (χ0) is 30.4. The number of aromatic amines is 1. The van der Waals surface area contributed by atoms with E-state index in [2.05, 4.69) is 24.9 Å². The second kappa shape index (κ2) is 10.9. The number of carbonyl (C=O) groups is 2. The molecular weight excluding hydrogens is 544 g/mol. The van der Waals surface area contributed by atoms with Crippen LogP contribution in [0.25, 0.3) is 11.3 Å². The third-order valence-corrected chi connectivity index (χ3v) is 8.84. The van der Waals surface area contributed by atoms with Crippen molar-refractivity contribution in [3.63, 3.8) is 0 Å². The topological polar surface area (TPSA) is 97.0 Å². The first-order valence-corrected chi connectivity index (χ1v) is 15.3. The monoisotopic (exact) mass is 586 g/mol. The Morgan fingerprint density at radius 2 is 1.70 bits per heavy atom. The molecule has 1 unspecified atom stereocenters. The Labute approximate surface area is 253 Å². The number of nitrogens with zero attached hydrogens (tertiary/aromatic N) is 3. The van der Waals surface area contributed by atoms with Gasteiger partial charge in [-0.3, -0.25) is 0 Å². The van der Waals surface area contributed by atoms with Gasteiger partial charge < -0.3 is 29.0 Å². The fourth-order valence-corrected chi connectivity index (χ4v) is 6.63. The van der Waals surface area contributed by atoms with Crippen molar-refractivity contribution in [2.45, 2.75) is 89.6 Å². The molecule has 43 heavy (non-hydrogen) atoms. The zero-order valence-electron chi connectivity index (χ0n) is 25.8. The van der Waals surface area contributed by atoms with Crippen LogP contribution < -0.4 is 4.74 Å². The number of imidazole rings is 1. The molecule has 0 aliphatic carbocycles. The minimum absolute atomic E-state index is 0.150. The van der Waals surface area contributed by atoms with Gasteiger partial charge in [0.2, 0.25) is 0 Å². The fraction of sp³-hybridized carbons (Fsp3) is 0.500. The maximum Gasteiger partial charge on any atom is 0.410 e. The Kier molecular flexibility index (Phi) is 7.39. The number of piperidine rings is 2. The number of rotatable bonds is 3. The van der Waals surface area contributed by atoms with Gasteiger partial charge in [-0.25, -0.2) is 14.6 Å². The molecule has 1 spiro atoms. The van der Waals surface area contributed by atoms with Crippen LogP contribution >= 0.6 is 0 Å². The number of amides is 2. The van der Waals surface area contributed by atoms with Crippen LogP contribution in [0, 0.1) is 0 Å². The molecule has 3 aliphatic rings. The highest BCUT2D eigenvalue weighted by Gasteiger charge is 2.48. The molecule has 9 heteroatoms. The molecule has 0 saturated carbocycles. The van der Waals surface area contributed by atoms with Crippen LogP contribution in [0.1, 0.15) is 83.3 Å². The third-order valence-electron chi connectivity index (χ3n) is 8.84. The van der Waals surface area contributed by atoms with Crippen molar-refractivity contribution in [3.8, 4) is 17.0 Å². The quantitative estimate of drug-likeness (QED) is 0.355. The van der Waals surface area contributed by atoms with Gasteiger partial charge in [0.1, 0.15) is 23.8 Å². The average molecular weight is 587 g/mol. The predicted molar refractivity (Wildman–Crippen MR) is 163 cm³/mol. The number of carbonyl (C=O) groups excluding carboxylic acids is 2. The van der Waals surface area contributed by atoms with Gasteiger partial charge >= 0.3 is 12.2 Å². The van der Waals surface area contributed by atoms with Gasteiger partial charge in [0.25, 0.3) is 0 Å². The summed E-state index contributed by atoms with van der Waals surface area (Å²) in [5.41, 5.74) is 2.29. The summed E-state index contributed by atoms with van der Waals surface area (Å²) >= 11 is 0. The van der Waals surface area contributed by atoms with Crippen LogP contribution in [0.15, 0.2) is 54.6 Å². The van der Waals surface area contributed by atoms with E-state index in [1.165, 1.54) is 0 Å². The molecule has 6 rings (SSSR count). The average Bonchev–Trinajstić information content (AvgIpc) is 3.43. The highest BCUT2D eigenvalue weighted by Crippen LogP contribution is 2.50. The summed E-state index contributed by atoms with van der Waals surface area (Å²) in [6, 6.07) is 17.8. The van der Waals surface area contributed by atoms with E-state index < -0.39 is 16.7 Å². The number of nitrogens with one attached hydrogen (secondary N) is 1. The van der Waals surface area contributed by atoms with E-state index in [9.17, 15) is 9.59 Å². The lowest BCUT2D eigenvalue weighted by atomic mass is 9.82. The van der Waals surface area contributed by atoms with Crippen LogP contribution in [0.4, 0.5) is 9.59 Å². The van der Waals surface area contributed by atoms with E-state index >= 15 is 0 Å². The Morgan fingerprint density at radius 1 is 1.00 bits per heavy atom. The maximum absolute atomic E-state index is 13.0. The van der Waals surface area contributed by atoms with Crippen LogP contribution in [-0.2, 0) is 21.7 Å². The number of para-hydroxylation sites is 1. The normalized spacial score (nSPS) is 20.5. The first-order chi connectivity index (χ1) is 20.4. The molecule has 2 fully saturated rings. The first-order valence-electron chi connectivity index (χ1n) is 15.3. The second-order valence-corrected chi connectivity index (χ2v) is 13.6. The van der Waals surface area contributed by atoms with Gasteiger partial charge in [-0.2, -0.15) is 0 Å². The van der Waals surface area contributed by atoms with Gasteiger partial charge in [-0.1, -0.05) is 42.5 Å². The molecule has 1 aromatic heterocycles. The molecule has 2 amide bonds. The summed E-state index contributed by atoms with van der Waals surface area (Å²) in [5.74, 6) is 1.89. The Bertz CT molecular complexity index is 1480. The summed E-state index contributed by atoms with van der Waals surface area (Å²) in [5, 5.41) is 0. The zero-order valence-corrected chi connectivity index (χ0v) is 25.8. The van der Waals surface area contributed by atoms with Crippen molar-refractivity contribution >= 4 is 12.2 Å². The summed E-state index contributed by atoms with van der Waals surface area (Å²) in [4.78, 5) is 38.4. The molecule has 3 aliphatic heterocycles. The van der Waals surface area contributed by atoms with Crippen LogP contribution in [0.5, 0.6) is 5.75 Å². The van der Waals surface area contributed by atoms with E-state index in [4.69, 9.17) is 19.2 Å². The van der Waals surface area contributed by atoms with E-state index in [0.29, 0.717) is 32.5 Å². The molecule has 9 nitrogen and oxygen atoms in total. The minimum Gasteiger partial charge on any atom is -0.480 e. The van der Waals surface area contributed by atoms with Gasteiger partial charge in [0, 0.05) is 49.5 Å². The molecule has 1 N–H and O–H groups in total. The molecular formula is C34H42N4O5. The molecule has 0 radical (unpaired) electrons. The SMILES string of the molecule is CC(C)(C)OC(=O)N1CCC(c2nc3c([nH]2)C2(CCN(C(=O)OCc4ccccc4)CC2)Oc2ccccc2-3)CC1(C)C. The van der Waals surface area contributed by atoms with Crippen molar-refractivity contribution in [1.29, 1.82) is 0 Å². The summed E-state index contributed by atoms with van der Waals surface area (Å²) < 4.78 is 18.1. The Balaban J connectivity index is 1.20. The number of H-pyrrole nitrogens is 1. The lowest BCUT2D eigenvalue weighted by molar-refractivity contribution is -0.0102. The lowest BCUT2D eigenvalue weighted by Crippen LogP contribution is -2.53. The van der Waals surface area contributed by atoms with Crippen molar-refractivity contribution in [2.75, 3.05) is 19.6 Å². The predicted octanol–water partition coefficient (Wildman–Crippen LogP) is 6.99. The highest BCUT2D eigenvalue weighted by atomic mass is 16.6. The third kappa shape index (κ3) is 5.82. The summed E-state index contributed by atoms with van der Waals surface area (Å²) in [6.45, 7) is 11.8. The van der Waals surface area contributed by atoms with E-state index in [-0.39, 0.29) is 24.7 Å². The molecule has 3 aromatic rings. The fourth-order valence-electron chi connectivity index (χ4n) is 6.63. The van der Waals surface area contributed by atoms with Crippen LogP contribution in [0.3, 0.4) is 0 Å². The number of aromatic nitrogens is 2. The smallest absolute Gasteiger partial charge is 0.410 e. The summed E-state index contributed by atoms with van der Waals surface area (Å²) in [6.07, 6.45) is 2.21. The largest absolute Gasteiger partial charge is 0.480 e. The summed E-state index contributed by atoms with van der Waals surface area (Å²) in [7, 11) is 0. The van der Waals surface area contributed by atoms with Gasteiger partial charge in [-0.05, 0) is 65.2 Å². The van der Waals surface area contributed by atoms with Gasteiger partial charge in [0.15, 0.2) is 5.60 Å². The molecule has 228 valence electrons. The van der Waals surface area contributed by atoms with E-state index in [0.717, 1.165) is 46.9 Å². The van der Waals surface area contributed by atoms with Gasteiger partial charge in [-0.15, -0.1) is 0 Å². The standard InChI is InChI=1S/C34H42N4O5/c1-32(2,3)43-31(40)38-18-15-24(21-33(38,4)5)29-35-27-25-13-9-10-14-26(25)42-34(28(27)36-29)16-19-37(20-17-34)30(39)41-22-23-11-7-6-8-12-23/h6-14,24H,15-22H2,1-5H3,(H,35,36). The number of benzene rings is 2. The molecule has 2 saturated heterocycles. The van der Waals surface area contributed by atoms with Crippen molar-refractivity contribution < 1.29 is 23.8 Å². The van der Waals surface area contributed by atoms with E-state index in [1.54, 1.807) is 4.90 Å². The van der Waals surface area contributed by atoms with Crippen LogP contribution in [-0.4, -0.2) is 62.7 Å². The maximum atomic E-state index is 13.0. The first kappa shape index (κ1) is 29.1. The molecule has 2 aromatic carbocycles. The van der Waals surface area contributed by atoms with Crippen LogP contribution in [0.2, 0.25) is 0 Å². The minimum atomic E-state index is -0.613. The number of fused-ring (bicyclic) bond motifs is 4. The lowest BCUT2D eigenvalue weighted by Gasteiger charge is -2.45. The Morgan fingerprint density at radius 3 is 2.40 bits per heavy atom. The van der Waals surface area contributed by atoms with Crippen molar-refractivity contribution in [3.05, 3.63) is 71.7 Å². The number of likely N-dealkylation sites (tertiary alicyclic amines) is 2. The molecule has 1 atom stereocenters. The van der Waals surface area contributed by atoms with Crippen molar-refractivity contribution in [1.82, 2.24) is 19.8 Å². The Hall–Kier alpha value is -4.01.